The van der Waals surface area contributed by atoms with E-state index in [9.17, 15) is 8.78 Å². The highest BCUT2D eigenvalue weighted by Crippen LogP contribution is 2.35. The van der Waals surface area contributed by atoms with Gasteiger partial charge in [-0.25, -0.2) is 18.7 Å². The van der Waals surface area contributed by atoms with E-state index < -0.39 is 11.6 Å². The van der Waals surface area contributed by atoms with E-state index in [1.165, 1.54) is 23.8 Å². The zero-order valence-electron chi connectivity index (χ0n) is 20.2. The molecule has 7 heteroatoms. The first-order valence-electron chi connectivity index (χ1n) is 11.8. The van der Waals surface area contributed by atoms with Gasteiger partial charge in [0.1, 0.15) is 11.6 Å². The molecule has 36 heavy (non-hydrogen) atoms. The number of benzene rings is 3. The first-order valence-corrected chi connectivity index (χ1v) is 12.2. The van der Waals surface area contributed by atoms with Crippen molar-refractivity contribution in [2.24, 2.45) is 4.99 Å². The van der Waals surface area contributed by atoms with Gasteiger partial charge in [0, 0.05) is 33.6 Å². The zero-order chi connectivity index (χ0) is 25.4. The predicted molar refractivity (Wildman–Crippen MR) is 141 cm³/mol. The summed E-state index contributed by atoms with van der Waals surface area (Å²) in [5, 5.41) is 3.70. The Balaban J connectivity index is 1.55. The van der Waals surface area contributed by atoms with Crippen LogP contribution in [0, 0.1) is 11.6 Å². The molecule has 0 saturated heterocycles. The molecular weight excluding hydrogens is 478 g/mol. The summed E-state index contributed by atoms with van der Waals surface area (Å²) >= 11 is 6.30. The Hall–Kier alpha value is -3.64. The maximum absolute atomic E-state index is 14.7. The minimum atomic E-state index is -0.686. The topological polar surface area (TPSA) is 50.2 Å². The largest absolute Gasteiger partial charge is 0.324 e. The van der Waals surface area contributed by atoms with Crippen molar-refractivity contribution < 1.29 is 8.78 Å². The fourth-order valence-electron chi connectivity index (χ4n) is 4.26. The molecule has 5 rings (SSSR count). The fraction of sp³-hybridized carbons (Fsp3) is 0.207. The predicted octanol–water partition coefficient (Wildman–Crippen LogP) is 7.86. The van der Waals surface area contributed by atoms with E-state index >= 15 is 0 Å². The van der Waals surface area contributed by atoms with Crippen molar-refractivity contribution in [3.8, 4) is 11.3 Å². The zero-order valence-corrected chi connectivity index (χ0v) is 21.0. The van der Waals surface area contributed by atoms with Crippen LogP contribution < -0.4 is 5.32 Å². The van der Waals surface area contributed by atoms with E-state index in [0.717, 1.165) is 17.7 Å². The summed E-state index contributed by atoms with van der Waals surface area (Å²) in [5.41, 5.74) is 4.81. The van der Waals surface area contributed by atoms with Crippen LogP contribution in [0.2, 0.25) is 5.02 Å². The second-order valence-corrected chi connectivity index (χ2v) is 9.90. The Bertz CT molecular complexity index is 1460. The Morgan fingerprint density at radius 1 is 0.972 bits per heavy atom. The van der Waals surface area contributed by atoms with Crippen molar-refractivity contribution in [3.63, 3.8) is 0 Å². The molecule has 0 radical (unpaired) electrons. The van der Waals surface area contributed by atoms with Gasteiger partial charge in [-0.2, -0.15) is 0 Å². The van der Waals surface area contributed by atoms with E-state index in [1.807, 2.05) is 12.1 Å². The number of rotatable bonds is 5. The highest BCUT2D eigenvalue weighted by Gasteiger charge is 2.25. The van der Waals surface area contributed by atoms with Crippen molar-refractivity contribution in [2.45, 2.75) is 39.2 Å². The number of nitrogens with zero attached hydrogens (tertiary/aromatic N) is 3. The molecule has 1 aliphatic rings. The van der Waals surface area contributed by atoms with Gasteiger partial charge >= 0.3 is 0 Å². The standard InChI is InChI=1S/C29H25ClF2N4/c1-4-29(2,3)18-8-11-20(12-9-18)35-28-34-16-17-15-33-27(25-23(31)6-5-7-24(25)32)22-14-19(30)10-13-21(22)26(17)36-28/h5-14,16H,4,15H2,1-3H3,(H,34,35,36). The first kappa shape index (κ1) is 24.1. The first-order chi connectivity index (χ1) is 17.3. The number of nitrogens with one attached hydrogen (secondary N) is 1. The van der Waals surface area contributed by atoms with Crippen LogP contribution in [-0.4, -0.2) is 15.7 Å². The molecule has 0 bridgehead atoms. The molecular formula is C29H25ClF2N4. The average molecular weight is 503 g/mol. The van der Waals surface area contributed by atoms with Crippen molar-refractivity contribution in [1.29, 1.82) is 0 Å². The molecule has 0 aliphatic carbocycles. The van der Waals surface area contributed by atoms with E-state index in [4.69, 9.17) is 16.6 Å². The summed E-state index contributed by atoms with van der Waals surface area (Å²) in [6, 6.07) is 17.2. The molecule has 3 aromatic carbocycles. The summed E-state index contributed by atoms with van der Waals surface area (Å²) in [6.45, 7) is 6.79. The normalized spacial score (nSPS) is 12.9. The lowest BCUT2D eigenvalue weighted by Crippen LogP contribution is -2.15. The minimum absolute atomic E-state index is 0.0967. The van der Waals surface area contributed by atoms with Gasteiger partial charge in [-0.3, -0.25) is 4.99 Å². The molecule has 4 aromatic rings. The molecule has 182 valence electrons. The van der Waals surface area contributed by atoms with Gasteiger partial charge in [-0.1, -0.05) is 56.6 Å². The molecule has 1 aromatic heterocycles. The van der Waals surface area contributed by atoms with Gasteiger partial charge in [-0.05, 0) is 53.8 Å². The van der Waals surface area contributed by atoms with E-state index in [-0.39, 0.29) is 23.2 Å². The summed E-state index contributed by atoms with van der Waals surface area (Å²) in [7, 11) is 0. The third-order valence-electron chi connectivity index (χ3n) is 6.77. The lowest BCUT2D eigenvalue weighted by atomic mass is 9.82. The van der Waals surface area contributed by atoms with Crippen molar-refractivity contribution in [1.82, 2.24) is 9.97 Å². The van der Waals surface area contributed by atoms with E-state index in [1.54, 1.807) is 24.4 Å². The SMILES string of the molecule is CCC(C)(C)c1ccc(Nc2ncc3c(n2)-c2ccc(Cl)cc2C(c2c(F)cccc2F)=NC3)cc1. The second-order valence-electron chi connectivity index (χ2n) is 9.46. The van der Waals surface area contributed by atoms with Crippen molar-refractivity contribution in [3.05, 3.63) is 106 Å². The number of hydrogen-bond acceptors (Lipinski definition) is 4. The summed E-state index contributed by atoms with van der Waals surface area (Å²) < 4.78 is 29.5. The molecule has 0 atom stereocenters. The number of fused-ring (bicyclic) bond motifs is 3. The molecule has 0 unspecified atom stereocenters. The Morgan fingerprint density at radius 3 is 2.39 bits per heavy atom. The lowest BCUT2D eigenvalue weighted by molar-refractivity contribution is 0.506. The van der Waals surface area contributed by atoms with Crippen LogP contribution in [0.25, 0.3) is 11.3 Å². The maximum atomic E-state index is 14.7. The monoisotopic (exact) mass is 502 g/mol. The maximum Gasteiger partial charge on any atom is 0.227 e. The fourth-order valence-corrected chi connectivity index (χ4v) is 4.43. The quantitative estimate of drug-likeness (QED) is 0.302. The van der Waals surface area contributed by atoms with Crippen LogP contribution in [0.4, 0.5) is 20.4 Å². The van der Waals surface area contributed by atoms with Crippen LogP contribution in [0.15, 0.2) is 71.9 Å². The molecule has 4 nitrogen and oxygen atoms in total. The number of anilines is 2. The van der Waals surface area contributed by atoms with Crippen molar-refractivity contribution >= 4 is 28.9 Å². The third-order valence-corrected chi connectivity index (χ3v) is 7.00. The van der Waals surface area contributed by atoms with Gasteiger partial charge in [0.05, 0.1) is 23.5 Å². The second kappa shape index (κ2) is 9.43. The molecule has 0 fully saturated rings. The van der Waals surface area contributed by atoms with Gasteiger partial charge in [0.25, 0.3) is 0 Å². The Morgan fingerprint density at radius 2 is 1.69 bits per heavy atom. The number of halogens is 3. The highest BCUT2D eigenvalue weighted by molar-refractivity contribution is 6.31. The van der Waals surface area contributed by atoms with Crippen LogP contribution in [0.1, 0.15) is 49.4 Å². The average Bonchev–Trinajstić information content (AvgIpc) is 3.01. The number of aromatic nitrogens is 2. The number of aliphatic imine (C=N–C) groups is 1. The van der Waals surface area contributed by atoms with Crippen LogP contribution in [0.3, 0.4) is 0 Å². The van der Waals surface area contributed by atoms with Crippen LogP contribution in [0.5, 0.6) is 0 Å². The van der Waals surface area contributed by atoms with Crippen LogP contribution in [-0.2, 0) is 12.0 Å². The van der Waals surface area contributed by atoms with E-state index in [0.29, 0.717) is 27.8 Å². The molecule has 0 spiro atoms. The Labute approximate surface area is 214 Å². The van der Waals surface area contributed by atoms with Crippen molar-refractivity contribution in [2.75, 3.05) is 5.32 Å². The molecule has 2 heterocycles. The molecule has 0 saturated carbocycles. The van der Waals surface area contributed by atoms with Gasteiger partial charge in [-0.15, -0.1) is 0 Å². The molecule has 1 aliphatic heterocycles. The summed E-state index contributed by atoms with van der Waals surface area (Å²) in [4.78, 5) is 13.8. The summed E-state index contributed by atoms with van der Waals surface area (Å²) in [6.07, 6.45) is 2.74. The van der Waals surface area contributed by atoms with E-state index in [2.05, 4.69) is 48.2 Å². The van der Waals surface area contributed by atoms with Gasteiger partial charge < -0.3 is 5.32 Å². The Kier molecular flexibility index (Phi) is 6.31. The lowest BCUT2D eigenvalue weighted by Gasteiger charge is -2.23. The molecule has 0 amide bonds. The van der Waals surface area contributed by atoms with Gasteiger partial charge in [0.15, 0.2) is 0 Å². The van der Waals surface area contributed by atoms with Gasteiger partial charge in [0.2, 0.25) is 5.95 Å². The smallest absolute Gasteiger partial charge is 0.227 e. The third kappa shape index (κ3) is 4.49. The summed E-state index contributed by atoms with van der Waals surface area (Å²) in [5.74, 6) is -0.958. The minimum Gasteiger partial charge on any atom is -0.324 e. The number of hydrogen-bond donors (Lipinski definition) is 1. The van der Waals surface area contributed by atoms with Crippen LogP contribution >= 0.6 is 11.6 Å². The highest BCUT2D eigenvalue weighted by atomic mass is 35.5. The molecule has 1 N–H and O–H groups in total.